The molecule has 4 nitrogen and oxygen atoms in total. The van der Waals surface area contributed by atoms with Crippen LogP contribution in [0.2, 0.25) is 18.1 Å². The van der Waals surface area contributed by atoms with E-state index in [1.54, 1.807) is 0 Å². The van der Waals surface area contributed by atoms with Gasteiger partial charge in [-0.25, -0.2) is 0 Å². The number of ether oxygens (including phenoxy) is 1. The van der Waals surface area contributed by atoms with Crippen molar-refractivity contribution < 1.29 is 14.0 Å². The second-order valence-electron chi connectivity index (χ2n) is 10.0. The van der Waals surface area contributed by atoms with E-state index in [1.165, 1.54) is 5.56 Å². The number of carbonyl (C=O) groups excluding carboxylic acids is 1. The summed E-state index contributed by atoms with van der Waals surface area (Å²) in [6, 6.07) is 8.32. The monoisotopic (exact) mass is 403 g/mol. The molecule has 0 N–H and O–H groups in total. The maximum Gasteiger partial charge on any atom is 0.225 e. The molecule has 0 spiro atoms. The molecule has 1 amide bonds. The van der Waals surface area contributed by atoms with E-state index in [4.69, 9.17) is 9.16 Å². The average molecular weight is 404 g/mol. The molecule has 2 aliphatic rings. The lowest BCUT2D eigenvalue weighted by molar-refractivity contribution is -0.134. The van der Waals surface area contributed by atoms with Crippen molar-refractivity contribution in [1.29, 1.82) is 0 Å². The van der Waals surface area contributed by atoms with Crippen LogP contribution in [0.25, 0.3) is 0 Å². The van der Waals surface area contributed by atoms with E-state index in [0.29, 0.717) is 24.3 Å². The Hall–Kier alpha value is -1.33. The molecule has 1 heterocycles. The largest absolute Gasteiger partial charge is 0.493 e. The van der Waals surface area contributed by atoms with Crippen molar-refractivity contribution >= 4 is 14.2 Å². The summed E-state index contributed by atoms with van der Waals surface area (Å²) in [6.07, 6.45) is 4.30. The van der Waals surface area contributed by atoms with E-state index in [0.717, 1.165) is 51.1 Å². The Morgan fingerprint density at radius 2 is 1.68 bits per heavy atom. The van der Waals surface area contributed by atoms with Gasteiger partial charge in [-0.2, -0.15) is 0 Å². The first-order chi connectivity index (χ1) is 13.2. The molecule has 1 saturated carbocycles. The Kier molecular flexibility index (Phi) is 6.55. The molecular weight excluding hydrogens is 366 g/mol. The van der Waals surface area contributed by atoms with Gasteiger partial charge in [0.1, 0.15) is 5.75 Å². The molecule has 1 aromatic rings. The average Bonchev–Trinajstić information content (AvgIpc) is 3.50. The van der Waals surface area contributed by atoms with E-state index >= 15 is 0 Å². The van der Waals surface area contributed by atoms with Crippen molar-refractivity contribution in [1.82, 2.24) is 4.90 Å². The van der Waals surface area contributed by atoms with Gasteiger partial charge in [0.25, 0.3) is 0 Å². The van der Waals surface area contributed by atoms with Crippen molar-refractivity contribution in [2.75, 3.05) is 19.7 Å². The van der Waals surface area contributed by atoms with E-state index < -0.39 is 8.32 Å². The Bertz CT molecular complexity index is 653. The van der Waals surface area contributed by atoms with Gasteiger partial charge in [0.15, 0.2) is 8.32 Å². The quantitative estimate of drug-likeness (QED) is 0.585. The molecule has 0 unspecified atom stereocenters. The number of hydrogen-bond donors (Lipinski definition) is 0. The van der Waals surface area contributed by atoms with Gasteiger partial charge in [-0.3, -0.25) is 4.79 Å². The zero-order valence-electron chi connectivity index (χ0n) is 18.3. The number of hydrogen-bond acceptors (Lipinski definition) is 3. The minimum atomic E-state index is -1.72. The van der Waals surface area contributed by atoms with Crippen LogP contribution in [-0.4, -0.2) is 38.8 Å². The summed E-state index contributed by atoms with van der Waals surface area (Å²) in [5.41, 5.74) is 1.20. The molecule has 1 aliphatic heterocycles. The van der Waals surface area contributed by atoms with E-state index in [2.05, 4.69) is 63.0 Å². The first-order valence-electron chi connectivity index (χ1n) is 10.8. The lowest BCUT2D eigenvalue weighted by Crippen LogP contribution is -2.40. The molecule has 0 atom stereocenters. The standard InChI is InChI=1S/C23H37NO3Si/c1-23(2,3)28(4,5)27-17-18-6-10-21(11-7-18)26-16-19-12-14-24(15-13-19)22(25)20-8-9-20/h6-7,10-11,19-20H,8-9,12-17H2,1-5H3. The molecule has 2 fully saturated rings. The van der Waals surface area contributed by atoms with E-state index in [9.17, 15) is 4.79 Å². The van der Waals surface area contributed by atoms with Gasteiger partial charge in [-0.05, 0) is 67.4 Å². The first kappa shape index (κ1) is 21.4. The number of piperidine rings is 1. The van der Waals surface area contributed by atoms with Crippen LogP contribution in [0.3, 0.4) is 0 Å². The van der Waals surface area contributed by atoms with Gasteiger partial charge in [0, 0.05) is 19.0 Å². The van der Waals surface area contributed by atoms with Crippen LogP contribution in [0.4, 0.5) is 0 Å². The molecule has 0 bridgehead atoms. The summed E-state index contributed by atoms with van der Waals surface area (Å²) in [5, 5.41) is 0.231. The lowest BCUT2D eigenvalue weighted by Gasteiger charge is -2.36. The maximum atomic E-state index is 12.1. The van der Waals surface area contributed by atoms with Crippen LogP contribution in [0.5, 0.6) is 5.75 Å². The highest BCUT2D eigenvalue weighted by Gasteiger charge is 2.37. The Morgan fingerprint density at radius 3 is 2.21 bits per heavy atom. The van der Waals surface area contributed by atoms with Crippen LogP contribution in [0, 0.1) is 11.8 Å². The summed E-state index contributed by atoms with van der Waals surface area (Å²) >= 11 is 0. The Morgan fingerprint density at radius 1 is 1.07 bits per heavy atom. The highest BCUT2D eigenvalue weighted by atomic mass is 28.4. The molecule has 0 radical (unpaired) electrons. The van der Waals surface area contributed by atoms with Crippen LogP contribution < -0.4 is 4.74 Å². The van der Waals surface area contributed by atoms with Gasteiger partial charge in [-0.15, -0.1) is 0 Å². The van der Waals surface area contributed by atoms with Crippen molar-refractivity contribution in [3.05, 3.63) is 29.8 Å². The summed E-state index contributed by atoms with van der Waals surface area (Å²) in [4.78, 5) is 14.2. The topological polar surface area (TPSA) is 38.8 Å². The molecule has 156 valence electrons. The van der Waals surface area contributed by atoms with Crippen LogP contribution in [-0.2, 0) is 15.8 Å². The number of rotatable bonds is 7. The van der Waals surface area contributed by atoms with Gasteiger partial charge in [-0.1, -0.05) is 32.9 Å². The molecule has 1 aliphatic carbocycles. The lowest BCUT2D eigenvalue weighted by atomic mass is 9.97. The molecule has 3 rings (SSSR count). The van der Waals surface area contributed by atoms with Crippen LogP contribution >= 0.6 is 0 Å². The van der Waals surface area contributed by atoms with Crippen LogP contribution in [0.15, 0.2) is 24.3 Å². The molecule has 0 aromatic heterocycles. The highest BCUT2D eigenvalue weighted by molar-refractivity contribution is 6.74. The third-order valence-corrected chi connectivity index (χ3v) is 11.1. The predicted molar refractivity (Wildman–Crippen MR) is 116 cm³/mol. The van der Waals surface area contributed by atoms with Crippen LogP contribution in [0.1, 0.15) is 52.0 Å². The number of carbonyl (C=O) groups is 1. The van der Waals surface area contributed by atoms with Crippen molar-refractivity contribution in [2.45, 2.75) is 71.2 Å². The fourth-order valence-electron chi connectivity index (χ4n) is 3.28. The number of likely N-dealkylation sites (tertiary alicyclic amines) is 1. The van der Waals surface area contributed by atoms with Crippen molar-refractivity contribution in [2.24, 2.45) is 11.8 Å². The Balaban J connectivity index is 1.39. The van der Waals surface area contributed by atoms with Crippen molar-refractivity contribution in [3.63, 3.8) is 0 Å². The molecular formula is C23H37NO3Si. The normalized spacial score (nSPS) is 19.0. The van der Waals surface area contributed by atoms with Crippen molar-refractivity contribution in [3.8, 4) is 5.75 Å². The second kappa shape index (κ2) is 8.58. The summed E-state index contributed by atoms with van der Waals surface area (Å²) in [7, 11) is -1.72. The third-order valence-electron chi connectivity index (χ3n) is 6.67. The summed E-state index contributed by atoms with van der Waals surface area (Å²) in [5.74, 6) is 2.19. The summed E-state index contributed by atoms with van der Waals surface area (Å²) in [6.45, 7) is 14.6. The minimum Gasteiger partial charge on any atom is -0.493 e. The minimum absolute atomic E-state index is 0.231. The fraction of sp³-hybridized carbons (Fsp3) is 0.696. The Labute approximate surface area is 171 Å². The zero-order chi connectivity index (χ0) is 20.4. The molecule has 1 aromatic carbocycles. The molecule has 1 saturated heterocycles. The molecule has 5 heteroatoms. The van der Waals surface area contributed by atoms with Gasteiger partial charge in [0.05, 0.1) is 13.2 Å². The van der Waals surface area contributed by atoms with E-state index in [1.807, 2.05) is 0 Å². The second-order valence-corrected chi connectivity index (χ2v) is 14.9. The number of nitrogens with zero attached hydrogens (tertiary/aromatic N) is 1. The number of benzene rings is 1. The SMILES string of the molecule is CC(C)(C)[Si](C)(C)OCc1ccc(OCC2CCN(C(=O)C3CC3)CC2)cc1. The number of amides is 1. The van der Waals surface area contributed by atoms with E-state index in [-0.39, 0.29) is 5.04 Å². The molecule has 28 heavy (non-hydrogen) atoms. The maximum absolute atomic E-state index is 12.1. The fourth-order valence-corrected chi connectivity index (χ4v) is 4.25. The third kappa shape index (κ3) is 5.60. The van der Waals surface area contributed by atoms with Gasteiger partial charge < -0.3 is 14.1 Å². The smallest absolute Gasteiger partial charge is 0.225 e. The zero-order valence-corrected chi connectivity index (χ0v) is 19.3. The van der Waals surface area contributed by atoms with Gasteiger partial charge in [0.2, 0.25) is 5.91 Å². The summed E-state index contributed by atoms with van der Waals surface area (Å²) < 4.78 is 12.3. The first-order valence-corrected chi connectivity index (χ1v) is 13.7. The highest BCUT2D eigenvalue weighted by Crippen LogP contribution is 2.37. The van der Waals surface area contributed by atoms with Gasteiger partial charge >= 0.3 is 0 Å². The predicted octanol–water partition coefficient (Wildman–Crippen LogP) is 5.24.